The third-order valence-corrected chi connectivity index (χ3v) is 4.20. The average molecular weight is 342 g/mol. The van der Waals surface area contributed by atoms with E-state index < -0.39 is 0 Å². The van der Waals surface area contributed by atoms with Crippen molar-refractivity contribution in [1.29, 1.82) is 0 Å². The van der Waals surface area contributed by atoms with Crippen molar-refractivity contribution >= 4 is 15.9 Å². The summed E-state index contributed by atoms with van der Waals surface area (Å²) < 4.78 is 6.74. The predicted octanol–water partition coefficient (Wildman–Crippen LogP) is 5.24. The van der Waals surface area contributed by atoms with Crippen molar-refractivity contribution in [3.8, 4) is 5.75 Å². The summed E-state index contributed by atoms with van der Waals surface area (Å²) in [6, 6.07) is 4.64. The van der Waals surface area contributed by atoms with Gasteiger partial charge >= 0.3 is 0 Å². The zero-order chi connectivity index (χ0) is 15.3. The molecule has 0 bridgehead atoms. The summed E-state index contributed by atoms with van der Waals surface area (Å²) >= 11 is 3.64. The fourth-order valence-corrected chi connectivity index (χ4v) is 2.70. The minimum absolute atomic E-state index is 0.272. The quantitative estimate of drug-likeness (QED) is 0.763. The van der Waals surface area contributed by atoms with Crippen LogP contribution in [-0.2, 0) is 0 Å². The first-order chi connectivity index (χ1) is 9.28. The summed E-state index contributed by atoms with van der Waals surface area (Å²) in [5.74, 6) is 0.976. The maximum absolute atomic E-state index is 5.60. The van der Waals surface area contributed by atoms with Gasteiger partial charge in [-0.1, -0.05) is 43.6 Å². The van der Waals surface area contributed by atoms with Crippen LogP contribution in [0.1, 0.15) is 57.7 Å². The molecule has 0 aliphatic carbocycles. The Morgan fingerprint density at radius 1 is 1.30 bits per heavy atom. The van der Waals surface area contributed by atoms with Crippen LogP contribution in [0.5, 0.6) is 5.75 Å². The Hall–Kier alpha value is -0.540. The van der Waals surface area contributed by atoms with Gasteiger partial charge in [0.15, 0.2) is 0 Å². The van der Waals surface area contributed by atoms with Crippen LogP contribution in [-0.4, -0.2) is 13.7 Å². The highest BCUT2D eigenvalue weighted by atomic mass is 79.9. The molecular weight excluding hydrogens is 314 g/mol. The Kier molecular flexibility index (Phi) is 6.53. The van der Waals surface area contributed by atoms with Crippen LogP contribution in [0.3, 0.4) is 0 Å². The van der Waals surface area contributed by atoms with E-state index in [-0.39, 0.29) is 5.41 Å². The monoisotopic (exact) mass is 341 g/mol. The fourth-order valence-electron chi connectivity index (χ4n) is 2.34. The van der Waals surface area contributed by atoms with E-state index in [9.17, 15) is 0 Å². The number of rotatable bonds is 6. The van der Waals surface area contributed by atoms with Gasteiger partial charge in [-0.25, -0.2) is 0 Å². The first-order valence-electron chi connectivity index (χ1n) is 7.36. The van der Waals surface area contributed by atoms with E-state index in [1.165, 1.54) is 11.1 Å². The number of halogens is 1. The second-order valence-corrected chi connectivity index (χ2v) is 7.47. The number of benzene rings is 1. The van der Waals surface area contributed by atoms with Gasteiger partial charge in [-0.2, -0.15) is 0 Å². The summed E-state index contributed by atoms with van der Waals surface area (Å²) in [4.78, 5) is 0. The van der Waals surface area contributed by atoms with Crippen molar-refractivity contribution in [1.82, 2.24) is 5.32 Å². The molecule has 0 aliphatic heterocycles. The number of hydrogen-bond donors (Lipinski definition) is 1. The number of aryl methyl sites for hydroxylation is 1. The van der Waals surface area contributed by atoms with Gasteiger partial charge in [-0.05, 0) is 49.4 Å². The van der Waals surface area contributed by atoms with Crippen molar-refractivity contribution < 1.29 is 4.74 Å². The molecule has 20 heavy (non-hydrogen) atoms. The van der Waals surface area contributed by atoms with Crippen molar-refractivity contribution in [3.63, 3.8) is 0 Å². The molecule has 1 aromatic carbocycles. The molecule has 1 atom stereocenters. The molecule has 0 spiro atoms. The molecule has 2 nitrogen and oxygen atoms in total. The van der Waals surface area contributed by atoms with Crippen molar-refractivity contribution in [2.45, 2.75) is 53.5 Å². The van der Waals surface area contributed by atoms with Gasteiger partial charge < -0.3 is 10.1 Å². The third-order valence-electron chi connectivity index (χ3n) is 3.34. The highest BCUT2D eigenvalue weighted by Gasteiger charge is 2.23. The molecule has 0 saturated carbocycles. The molecule has 114 valence electrons. The largest absolute Gasteiger partial charge is 0.496 e. The highest BCUT2D eigenvalue weighted by molar-refractivity contribution is 9.10. The lowest BCUT2D eigenvalue weighted by Gasteiger charge is -2.28. The molecule has 1 N–H and O–H groups in total. The fraction of sp³-hybridized carbons (Fsp3) is 0.647. The van der Waals surface area contributed by atoms with Gasteiger partial charge in [0.1, 0.15) is 5.75 Å². The molecule has 0 saturated heterocycles. The smallest absolute Gasteiger partial charge is 0.123 e. The lowest BCUT2D eigenvalue weighted by atomic mass is 9.85. The van der Waals surface area contributed by atoms with Gasteiger partial charge in [-0.3, -0.25) is 0 Å². The number of hydrogen-bond acceptors (Lipinski definition) is 2. The normalized spacial score (nSPS) is 13.3. The molecule has 0 radical (unpaired) electrons. The molecule has 0 fully saturated rings. The third kappa shape index (κ3) is 5.10. The minimum atomic E-state index is 0.272. The Morgan fingerprint density at radius 3 is 2.45 bits per heavy atom. The summed E-state index contributed by atoms with van der Waals surface area (Å²) in [5.41, 5.74) is 2.72. The number of nitrogens with one attached hydrogen (secondary N) is 1. The van der Waals surface area contributed by atoms with E-state index in [4.69, 9.17) is 4.74 Å². The molecule has 0 amide bonds. The van der Waals surface area contributed by atoms with E-state index in [1.807, 2.05) is 0 Å². The van der Waals surface area contributed by atoms with Crippen LogP contribution < -0.4 is 10.1 Å². The number of methoxy groups -OCH3 is 1. The molecule has 3 heteroatoms. The summed E-state index contributed by atoms with van der Waals surface area (Å²) in [6.07, 6.45) is 2.22. The first-order valence-corrected chi connectivity index (χ1v) is 8.15. The van der Waals surface area contributed by atoms with E-state index in [1.54, 1.807) is 7.11 Å². The Balaban J connectivity index is 3.14. The molecule has 0 aromatic heterocycles. The second-order valence-electron chi connectivity index (χ2n) is 6.61. The van der Waals surface area contributed by atoms with Gasteiger partial charge in [0.05, 0.1) is 7.11 Å². The maximum atomic E-state index is 5.60. The second kappa shape index (κ2) is 7.46. The standard InChI is InChI=1S/C17H28BrNO/c1-7-8-19-15(11-17(3,4)5)13-10-14(18)12(2)9-16(13)20-6/h9-10,15,19H,7-8,11H2,1-6H3. The van der Waals surface area contributed by atoms with Crippen LogP contribution in [0, 0.1) is 12.3 Å². The molecule has 1 aromatic rings. The average Bonchev–Trinajstić information content (AvgIpc) is 2.36. The highest BCUT2D eigenvalue weighted by Crippen LogP contribution is 2.36. The van der Waals surface area contributed by atoms with Crippen molar-refractivity contribution in [2.75, 3.05) is 13.7 Å². The zero-order valence-electron chi connectivity index (χ0n) is 13.6. The molecule has 0 heterocycles. The summed E-state index contributed by atoms with van der Waals surface area (Å²) in [7, 11) is 1.75. The van der Waals surface area contributed by atoms with Crippen LogP contribution >= 0.6 is 15.9 Å². The van der Waals surface area contributed by atoms with Gasteiger partial charge in [-0.15, -0.1) is 0 Å². The van der Waals surface area contributed by atoms with Crippen LogP contribution in [0.4, 0.5) is 0 Å². The van der Waals surface area contributed by atoms with Crippen LogP contribution in [0.2, 0.25) is 0 Å². The SMILES string of the molecule is CCCNC(CC(C)(C)C)c1cc(Br)c(C)cc1OC. The maximum Gasteiger partial charge on any atom is 0.123 e. The summed E-state index contributed by atoms with van der Waals surface area (Å²) in [6.45, 7) is 12.2. The zero-order valence-corrected chi connectivity index (χ0v) is 15.2. The molecule has 1 unspecified atom stereocenters. The van der Waals surface area contributed by atoms with Crippen molar-refractivity contribution in [3.05, 3.63) is 27.7 Å². The van der Waals surface area contributed by atoms with E-state index in [2.05, 4.69) is 68.0 Å². The first kappa shape index (κ1) is 17.5. The topological polar surface area (TPSA) is 21.3 Å². The Bertz CT molecular complexity index is 437. The Labute approximate surface area is 132 Å². The van der Waals surface area contributed by atoms with E-state index >= 15 is 0 Å². The predicted molar refractivity (Wildman–Crippen MR) is 90.5 cm³/mol. The Morgan fingerprint density at radius 2 is 1.95 bits per heavy atom. The molecular formula is C17H28BrNO. The van der Waals surface area contributed by atoms with Crippen LogP contribution in [0.15, 0.2) is 16.6 Å². The van der Waals surface area contributed by atoms with Crippen LogP contribution in [0.25, 0.3) is 0 Å². The van der Waals surface area contributed by atoms with Crippen molar-refractivity contribution in [2.24, 2.45) is 5.41 Å². The van der Waals surface area contributed by atoms with E-state index in [0.29, 0.717) is 6.04 Å². The van der Waals surface area contributed by atoms with E-state index in [0.717, 1.165) is 29.6 Å². The number of ether oxygens (including phenoxy) is 1. The lowest BCUT2D eigenvalue weighted by Crippen LogP contribution is -2.27. The summed E-state index contributed by atoms with van der Waals surface area (Å²) in [5, 5.41) is 3.66. The minimum Gasteiger partial charge on any atom is -0.496 e. The molecule has 1 rings (SSSR count). The lowest BCUT2D eigenvalue weighted by molar-refractivity contribution is 0.304. The van der Waals surface area contributed by atoms with Gasteiger partial charge in [0.25, 0.3) is 0 Å². The van der Waals surface area contributed by atoms with Gasteiger partial charge in [0.2, 0.25) is 0 Å². The van der Waals surface area contributed by atoms with Gasteiger partial charge in [0, 0.05) is 16.1 Å². The molecule has 0 aliphatic rings.